The maximum absolute atomic E-state index is 11.9. The quantitative estimate of drug-likeness (QED) is 0.0346. The summed E-state index contributed by atoms with van der Waals surface area (Å²) in [5, 5.41) is 216. The summed E-state index contributed by atoms with van der Waals surface area (Å²) in [5.74, 6) is 0. The van der Waals surface area contributed by atoms with Crippen molar-refractivity contribution in [3.63, 3.8) is 0 Å². The first kappa shape index (κ1) is 79.1. The number of methoxy groups -OCH3 is 6. The van der Waals surface area contributed by atoms with Crippen molar-refractivity contribution >= 4 is 0 Å². The maximum Gasteiger partial charge on any atom is 0.187 e. The number of aliphatic hydroxyl groups is 20. The second-order valence-corrected chi connectivity index (χ2v) is 23.6. The van der Waals surface area contributed by atoms with E-state index < -0.39 is 299 Å². The monoisotopic (exact) mass is 1400 g/mol. The fraction of sp³-hybridized carbons (Fsp3) is 1.00. The van der Waals surface area contributed by atoms with Gasteiger partial charge in [0.1, 0.15) is 195 Å². The minimum atomic E-state index is -2.07. The molecule has 8 rings (SSSR count). The van der Waals surface area contributed by atoms with Gasteiger partial charge in [-0.15, -0.1) is 0 Å². The molecule has 41 nitrogen and oxygen atoms in total. The molecule has 8 saturated heterocycles. The van der Waals surface area contributed by atoms with E-state index in [0.717, 1.165) is 28.4 Å². The molecule has 0 aromatic carbocycles. The molecule has 0 amide bonds. The molecule has 0 spiro atoms. The highest BCUT2D eigenvalue weighted by molar-refractivity contribution is 5.03. The van der Waals surface area contributed by atoms with E-state index in [0.29, 0.717) is 0 Å². The van der Waals surface area contributed by atoms with E-state index in [1.165, 1.54) is 14.2 Å². The summed E-state index contributed by atoms with van der Waals surface area (Å²) in [6.45, 7) is -6.98. The van der Waals surface area contributed by atoms with E-state index in [2.05, 4.69) is 0 Å². The van der Waals surface area contributed by atoms with Crippen LogP contribution in [0.25, 0.3) is 0 Å². The van der Waals surface area contributed by atoms with Crippen LogP contribution < -0.4 is 0 Å². The molecular formula is C54H94O41. The van der Waals surface area contributed by atoms with Crippen molar-refractivity contribution in [2.24, 2.45) is 0 Å². The predicted octanol–water partition coefficient (Wildman–Crippen LogP) is -14.5. The fourth-order valence-corrected chi connectivity index (χ4v) is 13.0. The third kappa shape index (κ3) is 16.4. The lowest BCUT2D eigenvalue weighted by atomic mass is 9.94. The molecule has 556 valence electrons. The first-order chi connectivity index (χ1) is 45.5. The van der Waals surface area contributed by atoms with E-state index in [4.69, 9.17) is 99.5 Å². The van der Waals surface area contributed by atoms with Gasteiger partial charge in [0.2, 0.25) is 0 Å². The average Bonchev–Trinajstić information content (AvgIpc) is 0.779. The summed E-state index contributed by atoms with van der Waals surface area (Å²) < 4.78 is 122. The highest BCUT2D eigenvalue weighted by Gasteiger charge is 2.60. The van der Waals surface area contributed by atoms with E-state index in [9.17, 15) is 102 Å². The van der Waals surface area contributed by atoms with Crippen molar-refractivity contribution in [1.82, 2.24) is 0 Å². The van der Waals surface area contributed by atoms with Gasteiger partial charge in [-0.25, -0.2) is 0 Å². The molecule has 8 aliphatic heterocycles. The minimum Gasteiger partial charge on any atom is -0.394 e. The Labute approximate surface area is 541 Å². The zero-order chi connectivity index (χ0) is 69.6. The zero-order valence-electron chi connectivity index (χ0n) is 52.3. The highest BCUT2D eigenvalue weighted by atomic mass is 16.8. The van der Waals surface area contributed by atoms with Gasteiger partial charge in [-0.2, -0.15) is 0 Å². The summed E-state index contributed by atoms with van der Waals surface area (Å²) in [4.78, 5) is 0. The number of hydrogen-bond acceptors (Lipinski definition) is 41. The molecule has 0 bridgehead atoms. The van der Waals surface area contributed by atoms with Crippen LogP contribution in [-0.2, 0) is 99.5 Å². The maximum atomic E-state index is 11.9. The largest absolute Gasteiger partial charge is 0.394 e. The Kier molecular flexibility index (Phi) is 29.5. The molecule has 41 heteroatoms. The standard InChI is InChI=1S/C54H94O41/c1-75-41-28(68)47(74)81-17(9-57)35(41)91-50-30(70)43(77-3)37(19(11-59)85-50)93-52-32(72)45(79-5)39(21(13-61)87-52)95-54-33(73)46(80-6)40(22(14-62)88-54)94-53-31(71)44(78-4)38(20(12-60)86-53)92-51-29(69)42(76-2)36(18(10-58)84-51)90-49-27(67)25(65)34(16(8-56)83-49)89-48-26(66)24(64)23(63)15(7-55)82-48/h15-74H,7-14H2,1-6H3/t15-,16-,17-,18-,19-,20-,21-,22-,23-,24+,25-,26+,27+,28+,29-,30+,31+,32+,33+,34-,35-,36-,37-,38-,39-,40-,41-,42-,43-,44-,45-,46-,47+,48-,49-,50-,51-,52-,53-,54-/m1/s1. The van der Waals surface area contributed by atoms with Crippen LogP contribution in [-0.4, -0.2) is 443 Å². The van der Waals surface area contributed by atoms with Gasteiger partial charge in [-0.05, 0) is 0 Å². The summed E-state index contributed by atoms with van der Waals surface area (Å²) in [7, 11) is 6.88. The normalized spacial score (nSPS) is 51.0. The van der Waals surface area contributed by atoms with Gasteiger partial charge in [-0.1, -0.05) is 0 Å². The van der Waals surface area contributed by atoms with Crippen molar-refractivity contribution in [2.75, 3.05) is 95.5 Å². The topological polar surface area (TPSA) is 598 Å². The lowest BCUT2D eigenvalue weighted by molar-refractivity contribution is -0.401. The summed E-state index contributed by atoms with van der Waals surface area (Å²) >= 11 is 0. The minimum absolute atomic E-state index is 0.738. The molecule has 0 saturated carbocycles. The van der Waals surface area contributed by atoms with E-state index >= 15 is 0 Å². The Morgan fingerprint density at radius 1 is 0.189 bits per heavy atom. The third-order valence-corrected chi connectivity index (χ3v) is 18.1. The van der Waals surface area contributed by atoms with Crippen molar-refractivity contribution in [1.29, 1.82) is 0 Å². The third-order valence-electron chi connectivity index (χ3n) is 18.1. The molecule has 0 aromatic rings. The first-order valence-electron chi connectivity index (χ1n) is 30.5. The summed E-state index contributed by atoms with van der Waals surface area (Å²) in [6, 6.07) is 0. The highest BCUT2D eigenvalue weighted by Crippen LogP contribution is 2.40. The second-order valence-electron chi connectivity index (χ2n) is 23.6. The van der Waals surface area contributed by atoms with E-state index in [-0.39, 0.29) is 0 Å². The smallest absolute Gasteiger partial charge is 0.187 e. The number of rotatable bonds is 28. The van der Waals surface area contributed by atoms with Gasteiger partial charge in [-0.3, -0.25) is 0 Å². The number of ether oxygens (including phenoxy) is 21. The fourth-order valence-electron chi connectivity index (χ4n) is 13.0. The lowest BCUT2D eigenvalue weighted by Gasteiger charge is -2.51. The Balaban J connectivity index is 0.896. The summed E-state index contributed by atoms with van der Waals surface area (Å²) in [5.41, 5.74) is 0. The zero-order valence-corrected chi connectivity index (χ0v) is 52.3. The molecule has 20 N–H and O–H groups in total. The Morgan fingerprint density at radius 3 is 0.621 bits per heavy atom. The molecule has 95 heavy (non-hydrogen) atoms. The van der Waals surface area contributed by atoms with Gasteiger partial charge in [0.25, 0.3) is 0 Å². The lowest BCUT2D eigenvalue weighted by Crippen LogP contribution is -2.69. The number of hydrogen-bond donors (Lipinski definition) is 20. The first-order valence-corrected chi connectivity index (χ1v) is 30.5. The van der Waals surface area contributed by atoms with Crippen LogP contribution in [0.1, 0.15) is 0 Å². The molecule has 0 aliphatic carbocycles. The van der Waals surface area contributed by atoms with E-state index in [1.54, 1.807) is 0 Å². The van der Waals surface area contributed by atoms with Gasteiger partial charge >= 0.3 is 0 Å². The van der Waals surface area contributed by atoms with Crippen LogP contribution in [0.15, 0.2) is 0 Å². The van der Waals surface area contributed by atoms with Crippen molar-refractivity contribution < 1.29 is 202 Å². The molecule has 40 atom stereocenters. The van der Waals surface area contributed by atoms with Gasteiger partial charge in [0, 0.05) is 42.7 Å². The van der Waals surface area contributed by atoms with Crippen LogP contribution in [0.5, 0.6) is 0 Å². The Morgan fingerprint density at radius 2 is 0.379 bits per heavy atom. The van der Waals surface area contributed by atoms with Crippen LogP contribution in [0.4, 0.5) is 0 Å². The van der Waals surface area contributed by atoms with E-state index in [1.807, 2.05) is 0 Å². The average molecular weight is 1400 g/mol. The molecule has 0 aromatic heterocycles. The van der Waals surface area contributed by atoms with Gasteiger partial charge in [0.15, 0.2) is 50.3 Å². The van der Waals surface area contributed by atoms with Crippen molar-refractivity contribution in [3.05, 3.63) is 0 Å². The van der Waals surface area contributed by atoms with Gasteiger partial charge < -0.3 is 202 Å². The van der Waals surface area contributed by atoms with Crippen LogP contribution in [0.3, 0.4) is 0 Å². The number of aliphatic hydroxyl groups excluding tert-OH is 20. The van der Waals surface area contributed by atoms with Crippen LogP contribution in [0.2, 0.25) is 0 Å². The van der Waals surface area contributed by atoms with Crippen LogP contribution in [0, 0.1) is 0 Å². The summed E-state index contributed by atoms with van der Waals surface area (Å²) in [6.07, 6.45) is -67.1. The second kappa shape index (κ2) is 35.5. The molecule has 0 radical (unpaired) electrons. The molecule has 8 heterocycles. The Bertz CT molecular complexity index is 2240. The molecular weight excluding hydrogens is 1300 g/mol. The molecule has 8 fully saturated rings. The molecule has 0 unspecified atom stereocenters. The van der Waals surface area contributed by atoms with Gasteiger partial charge in [0.05, 0.1) is 52.9 Å². The Hall–Kier alpha value is -1.64. The van der Waals surface area contributed by atoms with Crippen LogP contribution >= 0.6 is 0 Å². The predicted molar refractivity (Wildman–Crippen MR) is 293 cm³/mol. The SMILES string of the molecule is CO[C@@H]1[C@H](O)[C@@H](O[C@H]2[C@H](OC)[C@H](O)[C@@H](O[C@H]3[C@H](OC)[C@H](O)[C@@H](O)O[C@@H]3CO)O[C@@H]2CO)O[C@H](CO)[C@H]1O[C@H]1O[C@H](CO)[C@@H](O[C@H]2O[C@H](CO)[C@@H](O[C@H]3O[C@H](CO)[C@@H](O[C@H]4O[C@H](CO)[C@@H](O[C@H]5O[C@H](CO)[C@@H](O)[C@H](O)[C@@H]5O)[C@H](O)[C@@H]4O)[C@H](OC)[C@H]3O)[C@H](OC)[C@@H]2O)[C@H](OC)[C@@H]1O. The van der Waals surface area contributed by atoms with Crippen molar-refractivity contribution in [3.8, 4) is 0 Å². The molecule has 8 aliphatic rings. The van der Waals surface area contributed by atoms with Crippen molar-refractivity contribution in [2.45, 2.75) is 246 Å².